The molecule has 1 rings (SSSR count). The van der Waals surface area contributed by atoms with E-state index in [1.165, 1.54) is 7.11 Å². The Morgan fingerprint density at radius 1 is 1.54 bits per heavy atom. The number of methoxy groups -OCH3 is 1. The zero-order valence-electron chi connectivity index (χ0n) is 7.63. The second-order valence-electron chi connectivity index (χ2n) is 2.69. The summed E-state index contributed by atoms with van der Waals surface area (Å²) in [7, 11) is 1.54. The van der Waals surface area contributed by atoms with Crippen molar-refractivity contribution >= 4 is 11.7 Å². The summed E-state index contributed by atoms with van der Waals surface area (Å²) in [5.41, 5.74) is 6.62. The van der Waals surface area contributed by atoms with E-state index < -0.39 is 6.03 Å². The summed E-state index contributed by atoms with van der Waals surface area (Å²) < 4.78 is 5.03. The monoisotopic (exact) mass is 180 g/mol. The fourth-order valence-corrected chi connectivity index (χ4v) is 1.05. The number of nitrogens with two attached hydrogens (primary N) is 1. The van der Waals surface area contributed by atoms with Crippen molar-refractivity contribution in [3.63, 3.8) is 0 Å². The van der Waals surface area contributed by atoms with Crippen molar-refractivity contribution in [2.24, 2.45) is 5.73 Å². The predicted octanol–water partition coefficient (Wildman–Crippen LogP) is 1.49. The van der Waals surface area contributed by atoms with E-state index in [1.807, 2.05) is 13.0 Å². The van der Waals surface area contributed by atoms with Gasteiger partial charge >= 0.3 is 6.03 Å². The van der Waals surface area contributed by atoms with Crippen LogP contribution in [0.3, 0.4) is 0 Å². The van der Waals surface area contributed by atoms with Gasteiger partial charge in [-0.05, 0) is 24.6 Å². The van der Waals surface area contributed by atoms with Gasteiger partial charge in [-0.25, -0.2) is 4.79 Å². The zero-order chi connectivity index (χ0) is 9.84. The molecule has 0 heterocycles. The molecule has 1 aromatic rings. The Labute approximate surface area is 76.7 Å². The van der Waals surface area contributed by atoms with Crippen LogP contribution in [0, 0.1) is 6.92 Å². The minimum Gasteiger partial charge on any atom is -0.495 e. The van der Waals surface area contributed by atoms with Crippen LogP contribution in [-0.2, 0) is 0 Å². The molecule has 0 aliphatic heterocycles. The summed E-state index contributed by atoms with van der Waals surface area (Å²) in [6, 6.07) is 4.87. The average molecular weight is 180 g/mol. The van der Waals surface area contributed by atoms with Gasteiger partial charge in [-0.3, -0.25) is 0 Å². The van der Waals surface area contributed by atoms with Gasteiger partial charge in [0.25, 0.3) is 0 Å². The van der Waals surface area contributed by atoms with Crippen molar-refractivity contribution in [1.82, 2.24) is 0 Å². The highest BCUT2D eigenvalue weighted by molar-refractivity contribution is 5.89. The van der Waals surface area contributed by atoms with E-state index >= 15 is 0 Å². The standard InChI is InChI=1S/C9H12N2O2/c1-6-3-4-8(13-2)7(5-6)11-9(10)12/h3-5H,1-2H3,(H3,10,11,12). The maximum absolute atomic E-state index is 10.6. The molecule has 0 fully saturated rings. The van der Waals surface area contributed by atoms with Crippen LogP contribution < -0.4 is 15.8 Å². The molecule has 0 saturated heterocycles. The van der Waals surface area contributed by atoms with Crippen molar-refractivity contribution in [1.29, 1.82) is 0 Å². The summed E-state index contributed by atoms with van der Waals surface area (Å²) in [5.74, 6) is 0.601. The predicted molar refractivity (Wildman–Crippen MR) is 50.9 cm³/mol. The lowest BCUT2D eigenvalue weighted by molar-refractivity contribution is 0.259. The normalized spacial score (nSPS) is 9.38. The van der Waals surface area contributed by atoms with E-state index in [2.05, 4.69) is 5.32 Å². The first-order valence-electron chi connectivity index (χ1n) is 3.84. The van der Waals surface area contributed by atoms with Crippen molar-refractivity contribution in [2.75, 3.05) is 12.4 Å². The smallest absolute Gasteiger partial charge is 0.316 e. The highest BCUT2D eigenvalue weighted by atomic mass is 16.5. The largest absolute Gasteiger partial charge is 0.495 e. The Hall–Kier alpha value is -1.71. The van der Waals surface area contributed by atoms with Crippen LogP contribution >= 0.6 is 0 Å². The number of aryl methyl sites for hydroxylation is 1. The number of primary amides is 1. The van der Waals surface area contributed by atoms with Gasteiger partial charge in [0.05, 0.1) is 12.8 Å². The Morgan fingerprint density at radius 3 is 2.77 bits per heavy atom. The topological polar surface area (TPSA) is 64.3 Å². The Kier molecular flexibility index (Phi) is 2.74. The molecule has 0 saturated carbocycles. The molecule has 0 spiro atoms. The van der Waals surface area contributed by atoms with Gasteiger partial charge in [0.15, 0.2) is 0 Å². The third-order valence-corrected chi connectivity index (χ3v) is 1.61. The molecule has 3 N–H and O–H groups in total. The van der Waals surface area contributed by atoms with E-state index in [9.17, 15) is 4.79 Å². The first-order valence-corrected chi connectivity index (χ1v) is 3.84. The number of urea groups is 1. The number of hydrogen-bond acceptors (Lipinski definition) is 2. The number of nitrogens with one attached hydrogen (secondary N) is 1. The molecular weight excluding hydrogens is 168 g/mol. The number of carbonyl (C=O) groups is 1. The summed E-state index contributed by atoms with van der Waals surface area (Å²) in [6.07, 6.45) is 0. The molecule has 0 atom stereocenters. The number of ether oxygens (including phenoxy) is 1. The Morgan fingerprint density at radius 2 is 2.23 bits per heavy atom. The highest BCUT2D eigenvalue weighted by Gasteiger charge is 2.03. The first kappa shape index (κ1) is 9.38. The van der Waals surface area contributed by atoms with Crippen LogP contribution in [0.2, 0.25) is 0 Å². The van der Waals surface area contributed by atoms with Crippen LogP contribution in [0.4, 0.5) is 10.5 Å². The fourth-order valence-electron chi connectivity index (χ4n) is 1.05. The SMILES string of the molecule is COc1ccc(C)cc1NC(N)=O. The molecule has 0 unspecified atom stereocenters. The van der Waals surface area contributed by atoms with Crippen LogP contribution in [0.25, 0.3) is 0 Å². The van der Waals surface area contributed by atoms with E-state index in [0.717, 1.165) is 5.56 Å². The number of carbonyl (C=O) groups excluding carboxylic acids is 1. The maximum Gasteiger partial charge on any atom is 0.316 e. The van der Waals surface area contributed by atoms with Gasteiger partial charge in [0, 0.05) is 0 Å². The van der Waals surface area contributed by atoms with Crippen molar-refractivity contribution < 1.29 is 9.53 Å². The van der Waals surface area contributed by atoms with Gasteiger partial charge in [0.1, 0.15) is 5.75 Å². The van der Waals surface area contributed by atoms with Crippen LogP contribution in [0.1, 0.15) is 5.56 Å². The Bertz CT molecular complexity index is 323. The molecule has 0 aliphatic rings. The molecule has 13 heavy (non-hydrogen) atoms. The van der Waals surface area contributed by atoms with Gasteiger partial charge in [-0.2, -0.15) is 0 Å². The molecule has 4 heteroatoms. The number of amides is 2. The fraction of sp³-hybridized carbons (Fsp3) is 0.222. The van der Waals surface area contributed by atoms with Crippen molar-refractivity contribution in [3.05, 3.63) is 23.8 Å². The summed E-state index contributed by atoms with van der Waals surface area (Å²) >= 11 is 0. The molecule has 2 amide bonds. The molecule has 4 nitrogen and oxygen atoms in total. The highest BCUT2D eigenvalue weighted by Crippen LogP contribution is 2.24. The van der Waals surface area contributed by atoms with Crippen molar-refractivity contribution in [2.45, 2.75) is 6.92 Å². The van der Waals surface area contributed by atoms with Gasteiger partial charge in [-0.1, -0.05) is 6.07 Å². The summed E-state index contributed by atoms with van der Waals surface area (Å²) in [6.45, 7) is 1.92. The maximum atomic E-state index is 10.6. The lowest BCUT2D eigenvalue weighted by atomic mass is 10.2. The minimum atomic E-state index is -0.594. The number of rotatable bonds is 2. The van der Waals surface area contributed by atoms with Gasteiger partial charge in [0.2, 0.25) is 0 Å². The summed E-state index contributed by atoms with van der Waals surface area (Å²) in [5, 5.41) is 2.48. The lowest BCUT2D eigenvalue weighted by Crippen LogP contribution is -2.19. The number of hydrogen-bond donors (Lipinski definition) is 2. The molecule has 0 aromatic heterocycles. The van der Waals surface area contributed by atoms with Crippen molar-refractivity contribution in [3.8, 4) is 5.75 Å². The first-order chi connectivity index (χ1) is 6.13. The van der Waals surface area contributed by atoms with E-state index in [1.54, 1.807) is 12.1 Å². The molecule has 70 valence electrons. The quantitative estimate of drug-likeness (QED) is 0.724. The second kappa shape index (κ2) is 3.80. The number of benzene rings is 1. The molecule has 0 aliphatic carbocycles. The van der Waals surface area contributed by atoms with E-state index in [4.69, 9.17) is 10.5 Å². The molecule has 1 aromatic carbocycles. The molecule has 0 radical (unpaired) electrons. The third kappa shape index (κ3) is 2.37. The number of anilines is 1. The van der Waals surface area contributed by atoms with Crippen LogP contribution in [0.15, 0.2) is 18.2 Å². The van der Waals surface area contributed by atoms with E-state index in [-0.39, 0.29) is 0 Å². The summed E-state index contributed by atoms with van der Waals surface area (Å²) in [4.78, 5) is 10.6. The van der Waals surface area contributed by atoms with E-state index in [0.29, 0.717) is 11.4 Å². The van der Waals surface area contributed by atoms with Crippen LogP contribution in [0.5, 0.6) is 5.75 Å². The molecule has 0 bridgehead atoms. The van der Waals surface area contributed by atoms with Crippen LogP contribution in [-0.4, -0.2) is 13.1 Å². The molecular formula is C9H12N2O2. The van der Waals surface area contributed by atoms with Gasteiger partial charge in [-0.15, -0.1) is 0 Å². The minimum absolute atomic E-state index is 0.593. The lowest BCUT2D eigenvalue weighted by Gasteiger charge is -2.08. The second-order valence-corrected chi connectivity index (χ2v) is 2.69. The zero-order valence-corrected chi connectivity index (χ0v) is 7.63. The Balaban J connectivity index is 3.01. The van der Waals surface area contributed by atoms with Gasteiger partial charge < -0.3 is 15.8 Å². The third-order valence-electron chi connectivity index (χ3n) is 1.61. The average Bonchev–Trinajstić information content (AvgIpc) is 2.03.